The van der Waals surface area contributed by atoms with Crippen LogP contribution in [0.5, 0.6) is 0 Å². The average molecular weight is 436 g/mol. The van der Waals surface area contributed by atoms with Crippen molar-refractivity contribution in [3.05, 3.63) is 90.4 Å². The molecule has 0 atom stereocenters. The van der Waals surface area contributed by atoms with Crippen molar-refractivity contribution < 1.29 is 7.13 Å². The smallest absolute Gasteiger partial charge is 0.144 e. The fourth-order valence-corrected chi connectivity index (χ4v) is 6.08. The van der Waals surface area contributed by atoms with Gasteiger partial charge in [0.05, 0.1) is 11.9 Å². The summed E-state index contributed by atoms with van der Waals surface area (Å²) in [6.45, 7) is 0. The van der Waals surface area contributed by atoms with Gasteiger partial charge in [-0.25, -0.2) is 4.39 Å². The van der Waals surface area contributed by atoms with Crippen LogP contribution in [0.25, 0.3) is 53.0 Å². The lowest BCUT2D eigenvalue weighted by atomic mass is 9.99. The van der Waals surface area contributed by atoms with E-state index in [4.69, 9.17) is 2.74 Å². The highest BCUT2D eigenvalue weighted by Crippen LogP contribution is 2.44. The molecule has 0 radical (unpaired) electrons. The van der Waals surface area contributed by atoms with Crippen molar-refractivity contribution in [1.82, 2.24) is 4.98 Å². The molecule has 0 spiro atoms. The second-order valence-corrected chi connectivity index (χ2v) is 9.60. The normalized spacial score (nSPS) is 15.5. The molecule has 2 aromatic heterocycles. The van der Waals surface area contributed by atoms with Gasteiger partial charge in [0.1, 0.15) is 5.82 Å². The quantitative estimate of drug-likeness (QED) is 0.254. The van der Waals surface area contributed by atoms with Crippen molar-refractivity contribution in [2.45, 2.75) is 19.2 Å². The summed E-state index contributed by atoms with van der Waals surface area (Å²) in [6, 6.07) is 24.9. The Morgan fingerprint density at radius 1 is 0.875 bits per heavy atom. The van der Waals surface area contributed by atoms with Gasteiger partial charge in [-0.15, -0.1) is 11.3 Å². The summed E-state index contributed by atoms with van der Waals surface area (Å²) in [7, 11) is 0. The van der Waals surface area contributed by atoms with Gasteiger partial charge >= 0.3 is 0 Å². The van der Waals surface area contributed by atoms with Crippen LogP contribution in [0.15, 0.2) is 79.0 Å². The molecule has 0 aliphatic heterocycles. The van der Waals surface area contributed by atoms with Crippen LogP contribution in [0.1, 0.15) is 21.1 Å². The summed E-state index contributed by atoms with van der Waals surface area (Å²) in [4.78, 5) is 4.40. The Morgan fingerprint density at radius 3 is 2.56 bits per heavy atom. The Kier molecular flexibility index (Phi) is 3.50. The van der Waals surface area contributed by atoms with Gasteiger partial charge in [-0.1, -0.05) is 66.7 Å². The molecule has 0 bridgehead atoms. The van der Waals surface area contributed by atoms with E-state index in [0.29, 0.717) is 5.69 Å². The third-order valence-electron chi connectivity index (χ3n) is 6.44. The minimum atomic E-state index is -1.68. The zero-order valence-electron chi connectivity index (χ0n) is 19.2. The lowest BCUT2D eigenvalue weighted by Crippen LogP contribution is -1.96. The molecule has 0 N–H and O–H groups in total. The van der Waals surface area contributed by atoms with Crippen molar-refractivity contribution in [3.8, 4) is 11.3 Å². The number of thiophene rings is 1. The monoisotopic (exact) mass is 435 g/mol. The molecule has 0 unspecified atom stereocenters. The van der Waals surface area contributed by atoms with Crippen LogP contribution in [-0.2, 0) is 6.37 Å². The van der Waals surface area contributed by atoms with Crippen molar-refractivity contribution in [3.63, 3.8) is 0 Å². The molecular formula is C29H20FNS. The maximum Gasteiger partial charge on any atom is 0.144 e. The van der Waals surface area contributed by atoms with Gasteiger partial charge < -0.3 is 0 Å². The SMILES string of the molecule is [2H]C([2H])(c1cc(-c2cccc3c2sc2c3ccc3ccc4ccccc4c32)ncc1F)C1CC1. The number of hydrogen-bond donors (Lipinski definition) is 0. The molecule has 0 amide bonds. The van der Waals surface area contributed by atoms with Crippen LogP contribution >= 0.6 is 11.3 Å². The van der Waals surface area contributed by atoms with E-state index in [9.17, 15) is 4.39 Å². The molecule has 154 valence electrons. The highest BCUT2D eigenvalue weighted by molar-refractivity contribution is 7.27. The van der Waals surface area contributed by atoms with Crippen LogP contribution in [0.2, 0.25) is 0 Å². The molecule has 32 heavy (non-hydrogen) atoms. The summed E-state index contributed by atoms with van der Waals surface area (Å²) < 4.78 is 34.0. The van der Waals surface area contributed by atoms with E-state index in [2.05, 4.69) is 59.6 Å². The second kappa shape index (κ2) is 6.85. The van der Waals surface area contributed by atoms with Crippen molar-refractivity contribution in [1.29, 1.82) is 0 Å². The summed E-state index contributed by atoms with van der Waals surface area (Å²) in [5.74, 6) is -0.682. The van der Waals surface area contributed by atoms with Crippen LogP contribution < -0.4 is 0 Å². The molecule has 1 nitrogen and oxygen atoms in total. The van der Waals surface area contributed by atoms with Crippen LogP contribution in [0, 0.1) is 11.7 Å². The molecule has 1 aliphatic carbocycles. The Labute approximate surface area is 192 Å². The van der Waals surface area contributed by atoms with Gasteiger partial charge in [0.2, 0.25) is 0 Å². The predicted molar refractivity (Wildman–Crippen MR) is 134 cm³/mol. The highest BCUT2D eigenvalue weighted by Gasteiger charge is 2.23. The zero-order chi connectivity index (χ0) is 23.0. The number of nitrogens with zero attached hydrogens (tertiary/aromatic N) is 1. The molecule has 7 rings (SSSR count). The Hall–Kier alpha value is -3.30. The molecule has 3 heteroatoms. The first-order valence-electron chi connectivity index (χ1n) is 11.9. The minimum absolute atomic E-state index is 0.114. The van der Waals surface area contributed by atoms with Gasteiger partial charge in [-0.05, 0) is 52.9 Å². The van der Waals surface area contributed by atoms with Crippen LogP contribution in [0.4, 0.5) is 4.39 Å². The fourth-order valence-electron chi connectivity index (χ4n) is 4.69. The first kappa shape index (κ1) is 16.3. The van der Waals surface area contributed by atoms with E-state index >= 15 is 0 Å². The molecule has 0 saturated heterocycles. The van der Waals surface area contributed by atoms with E-state index in [1.54, 1.807) is 17.4 Å². The van der Waals surface area contributed by atoms with E-state index in [0.717, 1.165) is 28.5 Å². The molecule has 4 aromatic carbocycles. The standard InChI is InChI=1S/C29H20FNS/c30-25-16-31-26(15-20(25)14-17-8-9-17)24-7-3-6-22-23-13-12-19-11-10-18-4-1-2-5-21(18)27(19)29(23)32-28(22)24/h1-7,10-13,15-17H,8-9,14H2/i14D2. The third kappa shape index (κ3) is 2.78. The van der Waals surface area contributed by atoms with Crippen molar-refractivity contribution >= 4 is 53.1 Å². The number of pyridine rings is 1. The Bertz CT molecular complexity index is 1770. The van der Waals surface area contributed by atoms with E-state index in [1.807, 2.05) is 12.1 Å². The van der Waals surface area contributed by atoms with Crippen molar-refractivity contribution in [2.24, 2.45) is 5.92 Å². The maximum absolute atomic E-state index is 14.7. The first-order valence-corrected chi connectivity index (χ1v) is 11.8. The number of aromatic nitrogens is 1. The fraction of sp³-hybridized carbons (Fsp3) is 0.138. The van der Waals surface area contributed by atoms with E-state index in [-0.39, 0.29) is 11.5 Å². The number of hydrogen-bond acceptors (Lipinski definition) is 2. The number of benzene rings is 4. The van der Waals surface area contributed by atoms with Gasteiger partial charge in [-0.3, -0.25) is 4.98 Å². The van der Waals surface area contributed by atoms with Gasteiger partial charge in [0.15, 0.2) is 0 Å². The Balaban J connectivity index is 1.52. The van der Waals surface area contributed by atoms with Gasteiger partial charge in [0.25, 0.3) is 0 Å². The lowest BCUT2D eigenvalue weighted by Gasteiger charge is -2.07. The number of fused-ring (bicyclic) bond motifs is 7. The first-order chi connectivity index (χ1) is 16.5. The minimum Gasteiger partial charge on any atom is -0.253 e. The van der Waals surface area contributed by atoms with E-state index in [1.165, 1.54) is 37.8 Å². The average Bonchev–Trinajstić information content (AvgIpc) is 3.65. The molecule has 2 heterocycles. The molecule has 1 aliphatic rings. The highest BCUT2D eigenvalue weighted by atomic mass is 32.1. The number of halogens is 1. The summed E-state index contributed by atoms with van der Waals surface area (Å²) in [5, 5.41) is 7.25. The summed E-state index contributed by atoms with van der Waals surface area (Å²) in [5.41, 5.74) is 1.65. The lowest BCUT2D eigenvalue weighted by molar-refractivity contribution is 0.596. The topological polar surface area (TPSA) is 12.9 Å². The molecular weight excluding hydrogens is 413 g/mol. The predicted octanol–water partition coefficient (Wildman–Crippen LogP) is 8.51. The summed E-state index contributed by atoms with van der Waals surface area (Å²) >= 11 is 1.74. The van der Waals surface area contributed by atoms with Crippen LogP contribution in [0.3, 0.4) is 0 Å². The summed E-state index contributed by atoms with van der Waals surface area (Å²) in [6.07, 6.45) is 1.11. The van der Waals surface area contributed by atoms with Crippen LogP contribution in [-0.4, -0.2) is 4.98 Å². The second-order valence-electron chi connectivity index (χ2n) is 8.58. The third-order valence-corrected chi connectivity index (χ3v) is 7.71. The van der Waals surface area contributed by atoms with E-state index < -0.39 is 12.2 Å². The Morgan fingerprint density at radius 2 is 1.66 bits per heavy atom. The molecule has 6 aromatic rings. The zero-order valence-corrected chi connectivity index (χ0v) is 18.0. The van der Waals surface area contributed by atoms with Gasteiger partial charge in [-0.2, -0.15) is 0 Å². The van der Waals surface area contributed by atoms with Crippen molar-refractivity contribution in [2.75, 3.05) is 0 Å². The van der Waals surface area contributed by atoms with Gasteiger partial charge in [0, 0.05) is 33.9 Å². The maximum atomic E-state index is 14.7. The largest absolute Gasteiger partial charge is 0.253 e. The number of rotatable bonds is 3. The molecule has 1 fully saturated rings. The molecule has 1 saturated carbocycles.